The van der Waals surface area contributed by atoms with Crippen molar-refractivity contribution in [1.82, 2.24) is 20.3 Å². The Hall–Kier alpha value is -4.83. The lowest BCUT2D eigenvalue weighted by Gasteiger charge is -2.19. The van der Waals surface area contributed by atoms with Crippen LogP contribution in [0.25, 0.3) is 11.3 Å². The molecule has 0 radical (unpaired) electrons. The van der Waals surface area contributed by atoms with E-state index in [-0.39, 0.29) is 17.9 Å². The van der Waals surface area contributed by atoms with Gasteiger partial charge in [0, 0.05) is 41.2 Å². The Morgan fingerprint density at radius 1 is 1.05 bits per heavy atom. The second kappa shape index (κ2) is 11.1. The summed E-state index contributed by atoms with van der Waals surface area (Å²) in [4.78, 5) is 39.5. The van der Waals surface area contributed by atoms with Crippen LogP contribution in [0.4, 0.5) is 17.3 Å². The zero-order chi connectivity index (χ0) is 26.5. The first-order valence-corrected chi connectivity index (χ1v) is 12.7. The lowest BCUT2D eigenvalue weighted by molar-refractivity contribution is 0.0946. The van der Waals surface area contributed by atoms with Gasteiger partial charge in [0.25, 0.3) is 11.8 Å². The Morgan fingerprint density at radius 2 is 1.89 bits per heavy atom. The number of amides is 2. The number of benzene rings is 1. The van der Waals surface area contributed by atoms with Crippen LogP contribution in [0.5, 0.6) is 0 Å². The molecule has 3 aromatic heterocycles. The molecule has 1 atom stereocenters. The van der Waals surface area contributed by atoms with Crippen LogP contribution in [-0.4, -0.2) is 32.8 Å². The number of nitrogens with zero attached hydrogens (tertiary/aromatic N) is 3. The van der Waals surface area contributed by atoms with Gasteiger partial charge in [-0.15, -0.1) is 11.3 Å². The summed E-state index contributed by atoms with van der Waals surface area (Å²) in [5.41, 5.74) is 10.5. The molecule has 38 heavy (non-hydrogen) atoms. The number of aryl methyl sites for hydroxylation is 1. The van der Waals surface area contributed by atoms with Crippen molar-refractivity contribution in [2.24, 2.45) is 5.73 Å². The van der Waals surface area contributed by atoms with Gasteiger partial charge in [0.05, 0.1) is 21.5 Å². The van der Waals surface area contributed by atoms with Gasteiger partial charge in [-0.25, -0.2) is 9.97 Å². The summed E-state index contributed by atoms with van der Waals surface area (Å²) >= 11 is 1.12. The van der Waals surface area contributed by atoms with E-state index in [2.05, 4.69) is 30.9 Å². The summed E-state index contributed by atoms with van der Waals surface area (Å²) in [6.45, 7) is 1.95. The van der Waals surface area contributed by atoms with Gasteiger partial charge in [-0.2, -0.15) is 0 Å². The van der Waals surface area contributed by atoms with Gasteiger partial charge in [0.15, 0.2) is 0 Å². The van der Waals surface area contributed by atoms with E-state index in [1.807, 2.05) is 55.5 Å². The first-order chi connectivity index (χ1) is 18.5. The summed E-state index contributed by atoms with van der Waals surface area (Å²) in [7, 11) is 0. The number of nitrogens with one attached hydrogen (secondary N) is 3. The molecule has 1 unspecified atom stereocenters. The largest absolute Gasteiger partial charge is 0.400 e. The third-order valence-electron chi connectivity index (χ3n) is 5.91. The minimum Gasteiger partial charge on any atom is -0.400 e. The van der Waals surface area contributed by atoms with E-state index in [0.717, 1.165) is 33.8 Å². The molecule has 1 aliphatic carbocycles. The normalized spacial score (nSPS) is 14.4. The SMILES string of the molecule is Cc1ccc(NC(=O)c2ccc(C(=O)NC3CC=CC=C3N)s2)cc1Nc1nccc(-c2cccnc2)n1. The molecule has 0 bridgehead atoms. The van der Waals surface area contributed by atoms with E-state index in [0.29, 0.717) is 33.5 Å². The van der Waals surface area contributed by atoms with Crippen molar-refractivity contribution in [2.45, 2.75) is 19.4 Å². The fourth-order valence-electron chi connectivity index (χ4n) is 3.84. The standard InChI is InChI=1S/C28H25N7O2S/c1-17-8-9-19(15-23(17)35-28-31-14-12-21(34-28)18-5-4-13-30-16-18)32-26(36)24-10-11-25(38-24)27(37)33-22-7-3-2-6-20(22)29/h2-6,8-16,22H,7,29H2,1H3,(H,32,36)(H,33,37)(H,31,34,35). The third-order valence-corrected chi connectivity index (χ3v) is 7.00. The van der Waals surface area contributed by atoms with Crippen LogP contribution in [0.2, 0.25) is 0 Å². The van der Waals surface area contributed by atoms with E-state index >= 15 is 0 Å². The van der Waals surface area contributed by atoms with Gasteiger partial charge in [-0.1, -0.05) is 18.2 Å². The minimum atomic E-state index is -0.307. The zero-order valence-corrected chi connectivity index (χ0v) is 21.3. The van der Waals surface area contributed by atoms with Crippen LogP contribution in [0.1, 0.15) is 31.3 Å². The molecule has 0 fully saturated rings. The van der Waals surface area contributed by atoms with Crippen LogP contribution in [-0.2, 0) is 0 Å². The number of pyridine rings is 1. The molecule has 5 N–H and O–H groups in total. The molecule has 0 saturated carbocycles. The topological polar surface area (TPSA) is 135 Å². The molecule has 1 aliphatic rings. The third kappa shape index (κ3) is 5.76. The summed E-state index contributed by atoms with van der Waals surface area (Å²) in [6, 6.07) is 14.2. The van der Waals surface area contributed by atoms with Crippen molar-refractivity contribution >= 4 is 40.5 Å². The van der Waals surface area contributed by atoms with Crippen molar-refractivity contribution in [3.05, 3.63) is 106 Å². The molecule has 190 valence electrons. The highest BCUT2D eigenvalue weighted by molar-refractivity contribution is 7.16. The first-order valence-electron chi connectivity index (χ1n) is 11.9. The van der Waals surface area contributed by atoms with Crippen molar-refractivity contribution < 1.29 is 9.59 Å². The average molecular weight is 524 g/mol. The second-order valence-corrected chi connectivity index (χ2v) is 9.72. The molecule has 4 aromatic rings. The number of aromatic nitrogens is 3. The Labute approximate surface area is 223 Å². The molecule has 9 nitrogen and oxygen atoms in total. The van der Waals surface area contributed by atoms with Crippen LogP contribution in [0, 0.1) is 6.92 Å². The number of nitrogens with two attached hydrogens (primary N) is 1. The summed E-state index contributed by atoms with van der Waals surface area (Å²) < 4.78 is 0. The molecule has 0 spiro atoms. The monoisotopic (exact) mass is 523 g/mol. The maximum Gasteiger partial charge on any atom is 0.265 e. The Bertz CT molecular complexity index is 1550. The average Bonchev–Trinajstić information content (AvgIpc) is 3.44. The highest BCUT2D eigenvalue weighted by Crippen LogP contribution is 2.25. The lowest BCUT2D eigenvalue weighted by Crippen LogP contribution is -2.38. The smallest absolute Gasteiger partial charge is 0.265 e. The highest BCUT2D eigenvalue weighted by Gasteiger charge is 2.19. The summed E-state index contributed by atoms with van der Waals surface area (Å²) in [6.07, 6.45) is 11.4. The molecule has 2 amide bonds. The number of rotatable bonds is 7. The minimum absolute atomic E-state index is 0.251. The number of thiophene rings is 1. The van der Waals surface area contributed by atoms with E-state index in [1.54, 1.807) is 36.8 Å². The van der Waals surface area contributed by atoms with Crippen molar-refractivity contribution in [1.29, 1.82) is 0 Å². The van der Waals surface area contributed by atoms with Gasteiger partial charge >= 0.3 is 0 Å². The Balaban J connectivity index is 1.26. The quantitative estimate of drug-likeness (QED) is 0.273. The van der Waals surface area contributed by atoms with Gasteiger partial charge < -0.3 is 21.7 Å². The van der Waals surface area contributed by atoms with E-state index < -0.39 is 0 Å². The van der Waals surface area contributed by atoms with E-state index in [1.165, 1.54) is 0 Å². The number of hydrogen-bond donors (Lipinski definition) is 4. The molecule has 0 saturated heterocycles. The van der Waals surface area contributed by atoms with Crippen molar-refractivity contribution in [3.8, 4) is 11.3 Å². The van der Waals surface area contributed by atoms with Gasteiger partial charge in [0.1, 0.15) is 0 Å². The van der Waals surface area contributed by atoms with Crippen LogP contribution < -0.4 is 21.7 Å². The molecule has 10 heteroatoms. The van der Waals surface area contributed by atoms with Gasteiger partial charge in [-0.05, 0) is 67.4 Å². The van der Waals surface area contributed by atoms with E-state index in [9.17, 15) is 9.59 Å². The summed E-state index contributed by atoms with van der Waals surface area (Å²) in [5, 5.41) is 9.05. The molecule has 5 rings (SSSR count). The summed E-state index contributed by atoms with van der Waals surface area (Å²) in [5.74, 6) is -0.143. The zero-order valence-electron chi connectivity index (χ0n) is 20.5. The van der Waals surface area contributed by atoms with Crippen molar-refractivity contribution in [2.75, 3.05) is 10.6 Å². The van der Waals surface area contributed by atoms with Gasteiger partial charge in [0.2, 0.25) is 5.95 Å². The maximum absolute atomic E-state index is 12.9. The second-order valence-electron chi connectivity index (χ2n) is 8.64. The number of carbonyl (C=O) groups is 2. The van der Waals surface area contributed by atoms with Crippen LogP contribution in [0.15, 0.2) is 91.0 Å². The Kier molecular flexibility index (Phi) is 7.23. The van der Waals surface area contributed by atoms with Crippen LogP contribution >= 0.6 is 11.3 Å². The van der Waals surface area contributed by atoms with E-state index in [4.69, 9.17) is 5.73 Å². The Morgan fingerprint density at radius 3 is 2.68 bits per heavy atom. The molecule has 0 aliphatic heterocycles. The highest BCUT2D eigenvalue weighted by atomic mass is 32.1. The fourth-order valence-corrected chi connectivity index (χ4v) is 4.65. The molecular weight excluding hydrogens is 498 g/mol. The first kappa shape index (κ1) is 24.8. The number of carbonyl (C=O) groups excluding carboxylic acids is 2. The van der Waals surface area contributed by atoms with Crippen molar-refractivity contribution in [3.63, 3.8) is 0 Å². The predicted octanol–water partition coefficient (Wildman–Crippen LogP) is 4.81. The predicted molar refractivity (Wildman–Crippen MR) is 149 cm³/mol. The molecular formula is C28H25N7O2S. The fraction of sp³-hybridized carbons (Fsp3) is 0.107. The maximum atomic E-state index is 12.9. The number of allylic oxidation sites excluding steroid dienone is 2. The van der Waals surface area contributed by atoms with Gasteiger partial charge in [-0.3, -0.25) is 14.6 Å². The molecule has 1 aromatic carbocycles. The molecule has 3 heterocycles. The number of hydrogen-bond acceptors (Lipinski definition) is 8. The lowest BCUT2D eigenvalue weighted by atomic mass is 10.1. The number of anilines is 3. The van der Waals surface area contributed by atoms with Crippen LogP contribution in [0.3, 0.4) is 0 Å².